The second-order valence-corrected chi connectivity index (χ2v) is 10.3. The van der Waals surface area contributed by atoms with Gasteiger partial charge in [0.15, 0.2) is 5.76 Å². The molecule has 3 rings (SSSR count). The van der Waals surface area contributed by atoms with E-state index in [0.29, 0.717) is 104 Å². The minimum atomic E-state index is -0.719. The third kappa shape index (κ3) is 13.0. The van der Waals surface area contributed by atoms with Crippen LogP contribution in [0.15, 0.2) is 36.1 Å². The number of hydrogen-bond acceptors (Lipinski definition) is 12. The van der Waals surface area contributed by atoms with Gasteiger partial charge < -0.3 is 52.6 Å². The lowest BCUT2D eigenvalue weighted by Crippen LogP contribution is -2.43. The first-order valence-electron chi connectivity index (χ1n) is 15.6. The van der Waals surface area contributed by atoms with E-state index in [0.717, 1.165) is 5.56 Å². The molecule has 0 aromatic heterocycles. The molecular formula is C32H49NO12. The van der Waals surface area contributed by atoms with E-state index < -0.39 is 12.3 Å². The van der Waals surface area contributed by atoms with E-state index in [-0.39, 0.29) is 36.7 Å². The SMILES string of the molecule is CCO[C@H]1OC(C(=O)N2CCOCCOCCOCCOCC2)=C[C@@H](c2ccc(C(=O)OC)cc2)[C@@H]1CCOCCOCCO. The van der Waals surface area contributed by atoms with Crippen molar-refractivity contribution in [1.82, 2.24) is 4.90 Å². The van der Waals surface area contributed by atoms with Crippen LogP contribution >= 0.6 is 0 Å². The Kier molecular flexibility index (Phi) is 18.0. The molecule has 1 N–H and O–H groups in total. The van der Waals surface area contributed by atoms with Crippen LogP contribution in [-0.4, -0.2) is 141 Å². The second kappa shape index (κ2) is 22.0. The highest BCUT2D eigenvalue weighted by Crippen LogP contribution is 2.39. The molecule has 1 saturated heterocycles. The molecule has 0 unspecified atom stereocenters. The minimum Gasteiger partial charge on any atom is -0.465 e. The van der Waals surface area contributed by atoms with Crippen molar-refractivity contribution in [3.8, 4) is 0 Å². The van der Waals surface area contributed by atoms with Crippen LogP contribution in [0.3, 0.4) is 0 Å². The predicted octanol–water partition coefficient (Wildman–Crippen LogP) is 1.77. The van der Waals surface area contributed by atoms with E-state index >= 15 is 0 Å². The van der Waals surface area contributed by atoms with Gasteiger partial charge in [-0.05, 0) is 37.1 Å². The predicted molar refractivity (Wildman–Crippen MR) is 162 cm³/mol. The summed E-state index contributed by atoms with van der Waals surface area (Å²) in [6.45, 7) is 7.63. The molecule has 0 bridgehead atoms. The molecule has 0 saturated carbocycles. The van der Waals surface area contributed by atoms with Gasteiger partial charge in [0.2, 0.25) is 6.29 Å². The molecule has 254 valence electrons. The van der Waals surface area contributed by atoms with Crippen molar-refractivity contribution in [3.63, 3.8) is 0 Å². The number of carbonyl (C=O) groups is 2. The van der Waals surface area contributed by atoms with Crippen LogP contribution in [0, 0.1) is 5.92 Å². The maximum Gasteiger partial charge on any atom is 0.337 e. The maximum atomic E-state index is 13.9. The molecule has 2 aliphatic heterocycles. The molecule has 3 atom stereocenters. The van der Waals surface area contributed by atoms with Crippen LogP contribution in [0.1, 0.15) is 35.2 Å². The average Bonchev–Trinajstić information content (AvgIpc) is 3.07. The van der Waals surface area contributed by atoms with Crippen molar-refractivity contribution in [1.29, 1.82) is 0 Å². The molecule has 2 aliphatic rings. The van der Waals surface area contributed by atoms with Gasteiger partial charge in [0.05, 0.1) is 92.0 Å². The molecule has 45 heavy (non-hydrogen) atoms. The monoisotopic (exact) mass is 639 g/mol. The Morgan fingerprint density at radius 1 is 0.844 bits per heavy atom. The molecule has 2 heterocycles. The zero-order valence-electron chi connectivity index (χ0n) is 26.5. The van der Waals surface area contributed by atoms with Gasteiger partial charge >= 0.3 is 5.97 Å². The van der Waals surface area contributed by atoms with Crippen LogP contribution in [0.2, 0.25) is 0 Å². The number of aliphatic hydroxyl groups is 1. The number of methoxy groups -OCH3 is 1. The summed E-state index contributed by atoms with van der Waals surface area (Å²) in [5.74, 6) is -1.02. The number of amides is 1. The van der Waals surface area contributed by atoms with Crippen LogP contribution < -0.4 is 0 Å². The first kappa shape index (κ1) is 36.8. The largest absolute Gasteiger partial charge is 0.465 e. The maximum absolute atomic E-state index is 13.9. The summed E-state index contributed by atoms with van der Waals surface area (Å²) in [5.41, 5.74) is 1.32. The first-order valence-corrected chi connectivity index (χ1v) is 15.6. The number of hydrogen-bond donors (Lipinski definition) is 1. The lowest BCUT2D eigenvalue weighted by molar-refractivity contribution is -0.172. The Labute approximate surface area is 265 Å². The number of aliphatic hydroxyl groups excluding tert-OH is 1. The Hall–Kier alpha value is -2.62. The van der Waals surface area contributed by atoms with Gasteiger partial charge in [0.1, 0.15) is 0 Å². The fraction of sp³-hybridized carbons (Fsp3) is 0.688. The number of carbonyl (C=O) groups excluding carboxylic acids is 2. The van der Waals surface area contributed by atoms with Crippen LogP contribution in [0.5, 0.6) is 0 Å². The number of ether oxygens (including phenoxy) is 9. The van der Waals surface area contributed by atoms with Crippen molar-refractivity contribution in [2.24, 2.45) is 5.92 Å². The lowest BCUT2D eigenvalue weighted by Gasteiger charge is -2.38. The number of rotatable bonds is 13. The Morgan fingerprint density at radius 3 is 1.98 bits per heavy atom. The summed E-state index contributed by atoms with van der Waals surface area (Å²) in [6, 6.07) is 7.13. The summed E-state index contributed by atoms with van der Waals surface area (Å²) in [7, 11) is 1.34. The summed E-state index contributed by atoms with van der Waals surface area (Å²) >= 11 is 0. The van der Waals surface area contributed by atoms with Crippen molar-refractivity contribution in [2.45, 2.75) is 25.6 Å². The number of allylic oxidation sites excluding steroid dienone is 1. The fourth-order valence-electron chi connectivity index (χ4n) is 4.96. The Morgan fingerprint density at radius 2 is 1.42 bits per heavy atom. The molecule has 1 fully saturated rings. The van der Waals surface area contributed by atoms with Gasteiger partial charge in [0.25, 0.3) is 5.91 Å². The van der Waals surface area contributed by atoms with Crippen molar-refractivity contribution in [2.75, 3.05) is 113 Å². The lowest BCUT2D eigenvalue weighted by atomic mass is 9.81. The van der Waals surface area contributed by atoms with Gasteiger partial charge in [-0.2, -0.15) is 0 Å². The Bertz CT molecular complexity index is 988. The molecule has 0 aliphatic carbocycles. The van der Waals surface area contributed by atoms with Crippen molar-refractivity contribution in [3.05, 3.63) is 47.2 Å². The highest BCUT2D eigenvalue weighted by atomic mass is 16.7. The topological polar surface area (TPSA) is 141 Å². The van der Waals surface area contributed by atoms with Crippen molar-refractivity contribution < 1.29 is 57.3 Å². The normalized spacial score (nSPS) is 22.4. The van der Waals surface area contributed by atoms with E-state index in [1.807, 2.05) is 25.1 Å². The molecular weight excluding hydrogens is 590 g/mol. The molecule has 13 heteroatoms. The van der Waals surface area contributed by atoms with Gasteiger partial charge in [-0.15, -0.1) is 0 Å². The molecule has 1 aromatic carbocycles. The molecule has 0 spiro atoms. The van der Waals surface area contributed by atoms with Crippen LogP contribution in [0.25, 0.3) is 0 Å². The van der Waals surface area contributed by atoms with Crippen LogP contribution in [-0.2, 0) is 47.4 Å². The highest BCUT2D eigenvalue weighted by Gasteiger charge is 2.39. The van der Waals surface area contributed by atoms with Gasteiger partial charge in [-0.3, -0.25) is 4.79 Å². The zero-order chi connectivity index (χ0) is 32.1. The smallest absolute Gasteiger partial charge is 0.337 e. The number of esters is 1. The third-order valence-corrected chi connectivity index (χ3v) is 7.26. The fourth-order valence-corrected chi connectivity index (χ4v) is 4.96. The van der Waals surface area contributed by atoms with E-state index in [1.165, 1.54) is 7.11 Å². The summed E-state index contributed by atoms with van der Waals surface area (Å²) in [5, 5.41) is 8.89. The molecule has 0 radical (unpaired) electrons. The highest BCUT2D eigenvalue weighted by molar-refractivity contribution is 5.92. The first-order chi connectivity index (χ1) is 22.1. The minimum absolute atomic E-state index is 0.0410. The number of nitrogens with zero attached hydrogens (tertiary/aromatic N) is 1. The van der Waals surface area contributed by atoms with Crippen LogP contribution in [0.4, 0.5) is 0 Å². The van der Waals surface area contributed by atoms with E-state index in [9.17, 15) is 9.59 Å². The molecule has 13 nitrogen and oxygen atoms in total. The quantitative estimate of drug-likeness (QED) is 0.249. The zero-order valence-corrected chi connectivity index (χ0v) is 26.5. The summed E-state index contributed by atoms with van der Waals surface area (Å²) in [4.78, 5) is 27.7. The Balaban J connectivity index is 1.81. The summed E-state index contributed by atoms with van der Waals surface area (Å²) < 4.78 is 50.7. The third-order valence-electron chi connectivity index (χ3n) is 7.26. The standard InChI is InChI=1S/C32H49NO12/c1-3-44-32-27(8-12-38-16-19-41-15-11-34)28(25-4-6-26(7-5-25)31(36)37-2)24-29(45-32)30(35)33-9-13-39-17-20-42-22-23-43-21-18-40-14-10-33/h4-7,24,27-28,32,34H,3,8-23H2,1-2H3/t27-,28-,32-/m0/s1. The van der Waals surface area contributed by atoms with E-state index in [2.05, 4.69) is 0 Å². The summed E-state index contributed by atoms with van der Waals surface area (Å²) in [6.07, 6.45) is 1.68. The van der Waals surface area contributed by atoms with Gasteiger partial charge in [-0.25, -0.2) is 4.79 Å². The molecule has 1 aromatic rings. The number of benzene rings is 1. The second-order valence-electron chi connectivity index (χ2n) is 10.3. The average molecular weight is 640 g/mol. The van der Waals surface area contributed by atoms with E-state index in [4.69, 9.17) is 47.7 Å². The van der Waals surface area contributed by atoms with Crippen molar-refractivity contribution >= 4 is 11.9 Å². The van der Waals surface area contributed by atoms with E-state index in [1.54, 1.807) is 17.0 Å². The van der Waals surface area contributed by atoms with Gasteiger partial charge in [0, 0.05) is 38.1 Å². The van der Waals surface area contributed by atoms with Gasteiger partial charge in [-0.1, -0.05) is 12.1 Å². The molecule has 1 amide bonds.